The maximum absolute atomic E-state index is 12.4. The Labute approximate surface area is 112 Å². The molecule has 0 aromatic heterocycles. The number of amides is 1. The van der Waals surface area contributed by atoms with Crippen molar-refractivity contribution in [2.75, 3.05) is 19.6 Å². The summed E-state index contributed by atoms with van der Waals surface area (Å²) in [6.45, 7) is 2.50. The van der Waals surface area contributed by atoms with E-state index < -0.39 is 0 Å². The van der Waals surface area contributed by atoms with Gasteiger partial charge >= 0.3 is 0 Å². The molecule has 2 aliphatic heterocycles. The van der Waals surface area contributed by atoms with Gasteiger partial charge in [0.25, 0.3) is 5.91 Å². The normalized spacial score (nSPS) is 19.7. The first-order chi connectivity index (χ1) is 9.25. The number of benzene rings is 1. The molecule has 0 saturated carbocycles. The van der Waals surface area contributed by atoms with Gasteiger partial charge in [0.15, 0.2) is 5.78 Å². The zero-order valence-corrected chi connectivity index (χ0v) is 10.9. The summed E-state index contributed by atoms with van der Waals surface area (Å²) in [4.78, 5) is 24.2. The molecule has 0 spiro atoms. The van der Waals surface area contributed by atoms with Crippen LogP contribution in [0.1, 0.15) is 39.1 Å². The van der Waals surface area contributed by atoms with Crippen LogP contribution >= 0.6 is 0 Å². The predicted octanol–water partition coefficient (Wildman–Crippen LogP) is 1.15. The van der Waals surface area contributed by atoms with Gasteiger partial charge in [-0.05, 0) is 44.0 Å². The van der Waals surface area contributed by atoms with Crippen molar-refractivity contribution in [1.29, 1.82) is 0 Å². The van der Waals surface area contributed by atoms with Crippen molar-refractivity contribution in [3.05, 3.63) is 34.9 Å². The van der Waals surface area contributed by atoms with Crippen LogP contribution in [-0.2, 0) is 6.42 Å². The van der Waals surface area contributed by atoms with Crippen molar-refractivity contribution in [2.45, 2.75) is 19.3 Å². The predicted molar refractivity (Wildman–Crippen MR) is 72.4 cm³/mol. The fourth-order valence-electron chi connectivity index (χ4n) is 2.88. The lowest BCUT2D eigenvalue weighted by Crippen LogP contribution is -2.33. The highest BCUT2D eigenvalue weighted by atomic mass is 16.1. The van der Waals surface area contributed by atoms with E-state index in [4.69, 9.17) is 0 Å². The topological polar surface area (TPSA) is 58.2 Å². The van der Waals surface area contributed by atoms with Crippen LogP contribution in [0, 0.1) is 5.92 Å². The average molecular weight is 258 g/mol. The second-order valence-electron chi connectivity index (χ2n) is 5.27. The molecule has 4 heteroatoms. The minimum Gasteiger partial charge on any atom is -0.352 e. The number of carbonyl (C=O) groups is 2. The summed E-state index contributed by atoms with van der Waals surface area (Å²) in [6, 6.07) is 5.58. The number of carbonyl (C=O) groups excluding carboxylic acids is 2. The van der Waals surface area contributed by atoms with Gasteiger partial charge < -0.3 is 10.6 Å². The summed E-state index contributed by atoms with van der Waals surface area (Å²) in [6.07, 6.45) is 2.63. The lowest BCUT2D eigenvalue weighted by Gasteiger charge is -2.22. The van der Waals surface area contributed by atoms with Crippen LogP contribution in [0.4, 0.5) is 0 Å². The number of rotatable bonds is 2. The van der Waals surface area contributed by atoms with Gasteiger partial charge in [0.1, 0.15) is 0 Å². The van der Waals surface area contributed by atoms with Crippen LogP contribution in [0.2, 0.25) is 0 Å². The van der Waals surface area contributed by atoms with E-state index in [-0.39, 0.29) is 17.6 Å². The number of Topliss-reactive ketones (excluding diaryl/α,β-unsaturated/α-hetero) is 1. The van der Waals surface area contributed by atoms with Gasteiger partial charge in [-0.25, -0.2) is 0 Å². The number of fused-ring (bicyclic) bond motifs is 1. The number of nitrogens with one attached hydrogen (secondary N) is 2. The zero-order valence-electron chi connectivity index (χ0n) is 10.9. The Bertz CT molecular complexity index is 519. The Hall–Kier alpha value is -1.68. The van der Waals surface area contributed by atoms with Crippen molar-refractivity contribution in [1.82, 2.24) is 10.6 Å². The van der Waals surface area contributed by atoms with Gasteiger partial charge in [-0.2, -0.15) is 0 Å². The van der Waals surface area contributed by atoms with Crippen LogP contribution < -0.4 is 10.6 Å². The van der Waals surface area contributed by atoms with Crippen LogP contribution in [-0.4, -0.2) is 31.3 Å². The molecule has 1 amide bonds. The number of ketones is 1. The van der Waals surface area contributed by atoms with Crippen molar-refractivity contribution in [3.8, 4) is 0 Å². The molecule has 1 saturated heterocycles. The molecule has 2 aliphatic rings. The summed E-state index contributed by atoms with van der Waals surface area (Å²) < 4.78 is 0. The van der Waals surface area contributed by atoms with Crippen LogP contribution in [0.15, 0.2) is 18.2 Å². The number of hydrogen-bond acceptors (Lipinski definition) is 3. The van der Waals surface area contributed by atoms with E-state index in [0.717, 1.165) is 37.9 Å². The first-order valence-electron chi connectivity index (χ1n) is 6.92. The van der Waals surface area contributed by atoms with E-state index in [9.17, 15) is 9.59 Å². The monoisotopic (exact) mass is 258 g/mol. The maximum atomic E-state index is 12.4. The lowest BCUT2D eigenvalue weighted by atomic mass is 9.87. The molecule has 0 atom stereocenters. The third-order valence-corrected chi connectivity index (χ3v) is 4.03. The van der Waals surface area contributed by atoms with E-state index in [1.165, 1.54) is 0 Å². The maximum Gasteiger partial charge on any atom is 0.251 e. The van der Waals surface area contributed by atoms with Crippen molar-refractivity contribution < 1.29 is 9.59 Å². The Kier molecular flexibility index (Phi) is 3.34. The smallest absolute Gasteiger partial charge is 0.251 e. The van der Waals surface area contributed by atoms with Crippen LogP contribution in [0.25, 0.3) is 0 Å². The molecule has 1 aromatic rings. The van der Waals surface area contributed by atoms with Crippen molar-refractivity contribution in [3.63, 3.8) is 0 Å². The van der Waals surface area contributed by atoms with Crippen LogP contribution in [0.5, 0.6) is 0 Å². The summed E-state index contributed by atoms with van der Waals surface area (Å²) in [5.41, 5.74) is 2.40. The number of piperidine rings is 1. The molecular weight excluding hydrogens is 240 g/mol. The summed E-state index contributed by atoms with van der Waals surface area (Å²) in [5.74, 6) is 0.231. The SMILES string of the molecule is O=C1NCCc2ccc(C(=O)C3CCNCC3)cc21. The van der Waals surface area contributed by atoms with E-state index in [1.54, 1.807) is 6.07 Å². The van der Waals surface area contributed by atoms with Crippen LogP contribution in [0.3, 0.4) is 0 Å². The highest BCUT2D eigenvalue weighted by molar-refractivity contribution is 6.02. The van der Waals surface area contributed by atoms with Gasteiger partial charge in [-0.1, -0.05) is 12.1 Å². The molecular formula is C15H18N2O2. The molecule has 0 unspecified atom stereocenters. The van der Waals surface area contributed by atoms with Crippen molar-refractivity contribution in [2.24, 2.45) is 5.92 Å². The Morgan fingerprint density at radius 2 is 1.95 bits per heavy atom. The molecule has 1 fully saturated rings. The highest BCUT2D eigenvalue weighted by Gasteiger charge is 2.24. The second-order valence-corrected chi connectivity index (χ2v) is 5.27. The first-order valence-corrected chi connectivity index (χ1v) is 6.92. The van der Waals surface area contributed by atoms with Gasteiger partial charge in [0.05, 0.1) is 0 Å². The highest BCUT2D eigenvalue weighted by Crippen LogP contribution is 2.22. The Morgan fingerprint density at radius 1 is 1.16 bits per heavy atom. The molecule has 0 aliphatic carbocycles. The molecule has 2 N–H and O–H groups in total. The van der Waals surface area contributed by atoms with Gasteiger partial charge in [0.2, 0.25) is 0 Å². The lowest BCUT2D eigenvalue weighted by molar-refractivity contribution is 0.0895. The second kappa shape index (κ2) is 5.13. The zero-order chi connectivity index (χ0) is 13.2. The minimum absolute atomic E-state index is 0.0544. The third kappa shape index (κ3) is 2.40. The van der Waals surface area contributed by atoms with E-state index in [1.807, 2.05) is 12.1 Å². The van der Waals surface area contributed by atoms with Gasteiger partial charge in [-0.15, -0.1) is 0 Å². The van der Waals surface area contributed by atoms with E-state index in [2.05, 4.69) is 10.6 Å². The van der Waals surface area contributed by atoms with Gasteiger partial charge in [-0.3, -0.25) is 9.59 Å². The molecule has 4 nitrogen and oxygen atoms in total. The Morgan fingerprint density at radius 3 is 2.74 bits per heavy atom. The average Bonchev–Trinajstić information content (AvgIpc) is 2.47. The molecule has 2 heterocycles. The number of hydrogen-bond donors (Lipinski definition) is 2. The molecule has 100 valence electrons. The largest absolute Gasteiger partial charge is 0.352 e. The standard InChI is InChI=1S/C15H18N2O2/c18-14(11-3-6-16-7-4-11)12-2-1-10-5-8-17-15(19)13(10)9-12/h1-2,9,11,16H,3-8H2,(H,17,19). The molecule has 0 radical (unpaired) electrons. The fourth-order valence-corrected chi connectivity index (χ4v) is 2.88. The summed E-state index contributed by atoms with van der Waals surface area (Å²) in [5, 5.41) is 6.09. The molecule has 19 heavy (non-hydrogen) atoms. The molecule has 3 rings (SSSR count). The van der Waals surface area contributed by atoms with E-state index in [0.29, 0.717) is 17.7 Å². The van der Waals surface area contributed by atoms with E-state index >= 15 is 0 Å². The van der Waals surface area contributed by atoms with Crippen molar-refractivity contribution >= 4 is 11.7 Å². The molecule has 1 aromatic carbocycles. The molecule has 0 bridgehead atoms. The Balaban J connectivity index is 1.86. The summed E-state index contributed by atoms with van der Waals surface area (Å²) in [7, 11) is 0. The third-order valence-electron chi connectivity index (χ3n) is 4.03. The summed E-state index contributed by atoms with van der Waals surface area (Å²) >= 11 is 0. The van der Waals surface area contributed by atoms with Gasteiger partial charge in [0, 0.05) is 23.6 Å². The first kappa shape index (κ1) is 12.4. The fraction of sp³-hybridized carbons (Fsp3) is 0.467. The minimum atomic E-state index is -0.0544. The quantitative estimate of drug-likeness (QED) is 0.783.